The molecule has 1 saturated heterocycles. The zero-order valence-electron chi connectivity index (χ0n) is 14.5. The number of hydrogen-bond donors (Lipinski definition) is 2. The van der Waals surface area contributed by atoms with Gasteiger partial charge in [0.25, 0.3) is 0 Å². The maximum Gasteiger partial charge on any atom is 0.328 e. The fraction of sp³-hybridized carbons (Fsp3) is 0.368. The molecule has 2 aliphatic heterocycles. The minimum absolute atomic E-state index is 0.171. The number of allylic oxidation sites excluding steroid dienone is 4. The van der Waals surface area contributed by atoms with Crippen molar-refractivity contribution in [3.05, 3.63) is 66.2 Å². The number of β-amino-alcohol motifs (C(OH)–C–C–N with tert-alkyl or cyclic N) is 1. The molecular weight excluding hydrogens is 332 g/mol. The van der Waals surface area contributed by atoms with Crippen LogP contribution >= 0.6 is 0 Å². The van der Waals surface area contributed by atoms with Gasteiger partial charge in [0.2, 0.25) is 0 Å². The van der Waals surface area contributed by atoms with Gasteiger partial charge in [0, 0.05) is 31.8 Å². The van der Waals surface area contributed by atoms with Gasteiger partial charge in [-0.1, -0.05) is 23.8 Å². The zero-order chi connectivity index (χ0) is 18.0. The van der Waals surface area contributed by atoms with Gasteiger partial charge >= 0.3 is 6.03 Å². The van der Waals surface area contributed by atoms with Crippen molar-refractivity contribution in [2.24, 2.45) is 0 Å². The maximum atomic E-state index is 12.8. The van der Waals surface area contributed by atoms with Crippen molar-refractivity contribution in [1.29, 1.82) is 0 Å². The molecule has 26 heavy (non-hydrogen) atoms. The molecule has 0 spiro atoms. The van der Waals surface area contributed by atoms with Crippen LogP contribution in [-0.4, -0.2) is 44.2 Å². The van der Waals surface area contributed by atoms with E-state index in [2.05, 4.69) is 28.4 Å². The molecule has 1 atom stereocenters. The number of aromatic amines is 1. The average Bonchev–Trinajstić information content (AvgIpc) is 3.33. The van der Waals surface area contributed by atoms with Gasteiger partial charge in [-0.05, 0) is 18.9 Å². The second-order valence-corrected chi connectivity index (χ2v) is 6.83. The van der Waals surface area contributed by atoms with E-state index in [9.17, 15) is 9.90 Å². The van der Waals surface area contributed by atoms with Crippen LogP contribution in [0, 0.1) is 0 Å². The molecule has 2 amide bonds. The number of aromatic nitrogens is 2. The smallest absolute Gasteiger partial charge is 0.328 e. The van der Waals surface area contributed by atoms with E-state index in [0.717, 1.165) is 18.6 Å². The van der Waals surface area contributed by atoms with Gasteiger partial charge in [-0.15, -0.1) is 0 Å². The Morgan fingerprint density at radius 1 is 1.46 bits per heavy atom. The Hall–Kier alpha value is -2.80. The maximum absolute atomic E-state index is 12.8. The molecule has 0 saturated carbocycles. The lowest BCUT2D eigenvalue weighted by Gasteiger charge is -2.27. The van der Waals surface area contributed by atoms with Crippen LogP contribution in [0.25, 0.3) is 0 Å². The van der Waals surface area contributed by atoms with E-state index >= 15 is 0 Å². The molecule has 1 aliphatic carbocycles. The van der Waals surface area contributed by atoms with Crippen LogP contribution in [0.3, 0.4) is 0 Å². The Bertz CT molecular complexity index is 794. The molecule has 1 fully saturated rings. The van der Waals surface area contributed by atoms with Crippen molar-refractivity contribution in [3.63, 3.8) is 0 Å². The van der Waals surface area contributed by atoms with E-state index in [0.29, 0.717) is 25.1 Å². The van der Waals surface area contributed by atoms with Gasteiger partial charge in [0.05, 0.1) is 18.4 Å². The Morgan fingerprint density at radius 2 is 2.38 bits per heavy atom. The number of H-pyrrole nitrogens is 1. The fourth-order valence-electron chi connectivity index (χ4n) is 3.50. The molecule has 0 radical (unpaired) electrons. The van der Waals surface area contributed by atoms with Crippen LogP contribution < -0.4 is 0 Å². The van der Waals surface area contributed by atoms with Gasteiger partial charge < -0.3 is 14.7 Å². The van der Waals surface area contributed by atoms with Crippen LogP contribution in [0.4, 0.5) is 4.79 Å². The summed E-state index contributed by atoms with van der Waals surface area (Å²) in [7, 11) is 0. The SMILES string of the molecule is O=C(N1C=COC(CC2=CC=CCC2)=C1)N1CCC(O)(c2ccn[nH]2)C1. The van der Waals surface area contributed by atoms with Crippen LogP contribution in [0.15, 0.2) is 60.5 Å². The van der Waals surface area contributed by atoms with E-state index in [1.165, 1.54) is 16.7 Å². The van der Waals surface area contributed by atoms with Crippen molar-refractivity contribution in [3.8, 4) is 0 Å². The van der Waals surface area contributed by atoms with E-state index in [4.69, 9.17) is 4.74 Å². The molecule has 2 N–H and O–H groups in total. The highest BCUT2D eigenvalue weighted by molar-refractivity contribution is 5.77. The second kappa shape index (κ2) is 6.84. The summed E-state index contributed by atoms with van der Waals surface area (Å²) in [6, 6.07) is 1.57. The third-order valence-corrected chi connectivity index (χ3v) is 4.97. The first-order valence-corrected chi connectivity index (χ1v) is 8.82. The summed E-state index contributed by atoms with van der Waals surface area (Å²) in [5, 5.41) is 17.5. The van der Waals surface area contributed by atoms with Crippen LogP contribution in [0.2, 0.25) is 0 Å². The largest absolute Gasteiger partial charge is 0.466 e. The molecule has 0 bridgehead atoms. The molecular formula is C19H22N4O3. The van der Waals surface area contributed by atoms with Gasteiger partial charge in [-0.25, -0.2) is 4.79 Å². The number of amides is 2. The summed E-state index contributed by atoms with van der Waals surface area (Å²) in [6.07, 6.45) is 16.0. The quantitative estimate of drug-likeness (QED) is 0.874. The Morgan fingerprint density at radius 3 is 3.15 bits per heavy atom. The van der Waals surface area contributed by atoms with Gasteiger partial charge in [-0.3, -0.25) is 10.00 Å². The van der Waals surface area contributed by atoms with Gasteiger partial charge in [0.15, 0.2) is 0 Å². The summed E-state index contributed by atoms with van der Waals surface area (Å²) in [6.45, 7) is 0.719. The molecule has 1 unspecified atom stereocenters. The van der Waals surface area contributed by atoms with Crippen molar-refractivity contribution in [1.82, 2.24) is 20.0 Å². The highest BCUT2D eigenvalue weighted by atomic mass is 16.5. The lowest BCUT2D eigenvalue weighted by atomic mass is 9.99. The number of nitrogens with zero attached hydrogens (tertiary/aromatic N) is 3. The van der Waals surface area contributed by atoms with Gasteiger partial charge in [0.1, 0.15) is 17.6 Å². The molecule has 7 nitrogen and oxygen atoms in total. The topological polar surface area (TPSA) is 81.7 Å². The van der Waals surface area contributed by atoms with Crippen LogP contribution in [0.5, 0.6) is 0 Å². The first kappa shape index (κ1) is 16.7. The molecule has 4 rings (SSSR count). The van der Waals surface area contributed by atoms with E-state index in [1.54, 1.807) is 29.6 Å². The first-order chi connectivity index (χ1) is 12.6. The Kier molecular flexibility index (Phi) is 4.38. The standard InChI is InChI=1S/C19H22N4O3/c24-18(23-9-7-19(25,14-23)17-6-8-20-21-17)22-10-11-26-16(13-22)12-15-4-2-1-3-5-15/h1-2,4,6,8,10-11,13,25H,3,5,7,9,12,14H2,(H,20,21). The van der Waals surface area contributed by atoms with Crippen LogP contribution in [0.1, 0.15) is 31.4 Å². The number of hydrogen-bond acceptors (Lipinski definition) is 4. The van der Waals surface area contributed by atoms with Gasteiger partial charge in [-0.2, -0.15) is 5.10 Å². The average molecular weight is 354 g/mol. The second-order valence-electron chi connectivity index (χ2n) is 6.83. The molecule has 7 heteroatoms. The number of carbonyl (C=O) groups is 1. The third kappa shape index (κ3) is 3.30. The summed E-state index contributed by atoms with van der Waals surface area (Å²) in [4.78, 5) is 16.0. The Balaban J connectivity index is 1.43. The van der Waals surface area contributed by atoms with E-state index in [1.807, 2.05) is 0 Å². The Labute approximate surface area is 151 Å². The minimum atomic E-state index is -1.08. The number of ether oxygens (including phenoxy) is 1. The number of nitrogens with one attached hydrogen (secondary N) is 1. The molecule has 0 aromatic carbocycles. The molecule has 3 heterocycles. The first-order valence-electron chi connectivity index (χ1n) is 8.82. The summed E-state index contributed by atoms with van der Waals surface area (Å²) < 4.78 is 5.56. The van der Waals surface area contributed by atoms with E-state index in [-0.39, 0.29) is 12.6 Å². The minimum Gasteiger partial charge on any atom is -0.466 e. The van der Waals surface area contributed by atoms with Crippen molar-refractivity contribution in [2.75, 3.05) is 13.1 Å². The summed E-state index contributed by atoms with van der Waals surface area (Å²) in [5.74, 6) is 0.741. The fourth-order valence-corrected chi connectivity index (χ4v) is 3.50. The number of likely N-dealkylation sites (tertiary alicyclic amines) is 1. The molecule has 1 aromatic heterocycles. The molecule has 136 valence electrons. The van der Waals surface area contributed by atoms with Crippen molar-refractivity contribution < 1.29 is 14.6 Å². The number of rotatable bonds is 3. The van der Waals surface area contributed by atoms with Crippen LogP contribution in [-0.2, 0) is 10.3 Å². The zero-order valence-corrected chi connectivity index (χ0v) is 14.5. The lowest BCUT2D eigenvalue weighted by molar-refractivity contribution is 0.0440. The summed E-state index contributed by atoms with van der Waals surface area (Å²) >= 11 is 0. The van der Waals surface area contributed by atoms with Crippen molar-refractivity contribution >= 4 is 6.03 Å². The normalized spacial score (nSPS) is 25.1. The number of carbonyl (C=O) groups excluding carboxylic acids is 1. The molecule has 3 aliphatic rings. The number of aliphatic hydroxyl groups is 1. The monoisotopic (exact) mass is 354 g/mol. The van der Waals surface area contributed by atoms with E-state index < -0.39 is 5.60 Å². The lowest BCUT2D eigenvalue weighted by Crippen LogP contribution is -2.40. The predicted molar refractivity (Wildman–Crippen MR) is 95.3 cm³/mol. The highest BCUT2D eigenvalue weighted by Gasteiger charge is 2.41. The molecule has 1 aromatic rings. The predicted octanol–water partition coefficient (Wildman–Crippen LogP) is 2.73. The third-order valence-electron chi connectivity index (χ3n) is 4.97. The highest BCUT2D eigenvalue weighted by Crippen LogP contribution is 2.31. The van der Waals surface area contributed by atoms with Crippen molar-refractivity contribution in [2.45, 2.75) is 31.3 Å². The summed E-state index contributed by atoms with van der Waals surface area (Å²) in [5.41, 5.74) is 0.851. The number of urea groups is 1.